The molecule has 1 amide bonds. The van der Waals surface area contributed by atoms with Gasteiger partial charge in [-0.2, -0.15) is 16.9 Å². The number of benzene rings is 1. The molecule has 1 aromatic rings. The molecule has 4 nitrogen and oxygen atoms in total. The summed E-state index contributed by atoms with van der Waals surface area (Å²) in [6.07, 6.45) is 0.961. The van der Waals surface area contributed by atoms with Crippen LogP contribution in [0, 0.1) is 13.8 Å². The highest BCUT2D eigenvalue weighted by atomic mass is 32.2. The van der Waals surface area contributed by atoms with Gasteiger partial charge in [0.2, 0.25) is 0 Å². The average molecular weight is 278 g/mol. The Bertz CT molecular complexity index is 492. The number of rotatable bonds is 4. The van der Waals surface area contributed by atoms with Gasteiger partial charge in [-0.1, -0.05) is 12.1 Å². The molecule has 5 heteroatoms. The molecule has 0 aromatic heterocycles. The molecule has 1 aromatic carbocycles. The molecule has 2 rings (SSSR count). The largest absolute Gasteiger partial charge is 0.483 e. The molecule has 1 aliphatic heterocycles. The highest BCUT2D eigenvalue weighted by Crippen LogP contribution is 2.18. The van der Waals surface area contributed by atoms with Gasteiger partial charge in [-0.15, -0.1) is 0 Å². The van der Waals surface area contributed by atoms with E-state index in [0.29, 0.717) is 0 Å². The van der Waals surface area contributed by atoms with Crippen LogP contribution in [0.3, 0.4) is 0 Å². The molecule has 0 aliphatic carbocycles. The first-order valence-electron chi connectivity index (χ1n) is 6.27. The molecule has 19 heavy (non-hydrogen) atoms. The predicted octanol–water partition coefficient (Wildman–Crippen LogP) is 2.29. The summed E-state index contributed by atoms with van der Waals surface area (Å²) >= 11 is 1.83. The summed E-state index contributed by atoms with van der Waals surface area (Å²) in [7, 11) is 0. The lowest BCUT2D eigenvalue weighted by molar-refractivity contribution is -0.123. The lowest BCUT2D eigenvalue weighted by atomic mass is 10.1. The van der Waals surface area contributed by atoms with Crippen LogP contribution in [-0.2, 0) is 4.79 Å². The van der Waals surface area contributed by atoms with Crippen LogP contribution < -0.4 is 10.2 Å². The van der Waals surface area contributed by atoms with Crippen molar-refractivity contribution in [1.29, 1.82) is 0 Å². The van der Waals surface area contributed by atoms with Crippen molar-refractivity contribution in [1.82, 2.24) is 5.43 Å². The zero-order valence-corrected chi connectivity index (χ0v) is 12.0. The highest BCUT2D eigenvalue weighted by molar-refractivity contribution is 8.00. The molecule has 1 heterocycles. The molecule has 0 bridgehead atoms. The number of carbonyl (C=O) groups is 1. The maximum Gasteiger partial charge on any atom is 0.277 e. The second-order valence-corrected chi connectivity index (χ2v) is 5.68. The van der Waals surface area contributed by atoms with Crippen LogP contribution >= 0.6 is 11.8 Å². The number of nitrogens with one attached hydrogen (secondary N) is 1. The quantitative estimate of drug-likeness (QED) is 0.860. The first-order chi connectivity index (χ1) is 9.15. The normalized spacial score (nSPS) is 16.6. The Kier molecular flexibility index (Phi) is 4.85. The van der Waals surface area contributed by atoms with E-state index >= 15 is 0 Å². The van der Waals surface area contributed by atoms with Gasteiger partial charge in [0.15, 0.2) is 6.61 Å². The Morgan fingerprint density at radius 2 is 2.32 bits per heavy atom. The Hall–Kier alpha value is -1.49. The van der Waals surface area contributed by atoms with E-state index in [9.17, 15) is 4.79 Å². The van der Waals surface area contributed by atoms with Gasteiger partial charge in [-0.05, 0) is 43.2 Å². The molecule has 1 N–H and O–H groups in total. The van der Waals surface area contributed by atoms with E-state index in [0.717, 1.165) is 40.5 Å². The maximum absolute atomic E-state index is 11.6. The number of hydrogen-bond acceptors (Lipinski definition) is 4. The number of hydrogen-bond donors (Lipinski definition) is 1. The maximum atomic E-state index is 11.6. The van der Waals surface area contributed by atoms with E-state index in [1.54, 1.807) is 0 Å². The SMILES string of the molecule is Cc1ccc(C)c(OCC(=O)N/N=C2\CCSC2)c1. The molecule has 1 fully saturated rings. The van der Waals surface area contributed by atoms with Crippen molar-refractivity contribution in [3.05, 3.63) is 29.3 Å². The van der Waals surface area contributed by atoms with E-state index in [-0.39, 0.29) is 12.5 Å². The molecule has 102 valence electrons. The second-order valence-electron chi connectivity index (χ2n) is 4.57. The third-order valence-electron chi connectivity index (χ3n) is 2.84. The Labute approximate surface area is 117 Å². The smallest absolute Gasteiger partial charge is 0.277 e. The highest BCUT2D eigenvalue weighted by Gasteiger charge is 2.09. The molecule has 0 unspecified atom stereocenters. The zero-order valence-electron chi connectivity index (χ0n) is 11.2. The fourth-order valence-corrected chi connectivity index (χ4v) is 2.69. The number of aryl methyl sites for hydroxylation is 2. The molecule has 0 radical (unpaired) electrons. The summed E-state index contributed by atoms with van der Waals surface area (Å²) in [5.41, 5.74) is 5.73. The summed E-state index contributed by atoms with van der Waals surface area (Å²) in [4.78, 5) is 11.6. The summed E-state index contributed by atoms with van der Waals surface area (Å²) in [5, 5.41) is 4.09. The minimum absolute atomic E-state index is 0.00574. The van der Waals surface area contributed by atoms with Crippen LogP contribution in [-0.4, -0.2) is 29.7 Å². The van der Waals surface area contributed by atoms with Crippen LogP contribution in [0.25, 0.3) is 0 Å². The number of thioether (sulfide) groups is 1. The molecular weight excluding hydrogens is 260 g/mol. The first-order valence-corrected chi connectivity index (χ1v) is 7.42. The molecule has 0 spiro atoms. The molecule has 0 saturated carbocycles. The number of carbonyl (C=O) groups excluding carboxylic acids is 1. The Balaban J connectivity index is 1.82. The summed E-state index contributed by atoms with van der Waals surface area (Å²) in [6.45, 7) is 3.95. The van der Waals surface area contributed by atoms with Gasteiger partial charge in [0.05, 0.1) is 0 Å². The third kappa shape index (κ3) is 4.28. The van der Waals surface area contributed by atoms with Crippen molar-refractivity contribution in [3.8, 4) is 5.75 Å². The minimum Gasteiger partial charge on any atom is -0.483 e. The van der Waals surface area contributed by atoms with Crippen LogP contribution in [0.5, 0.6) is 5.75 Å². The molecule has 1 saturated heterocycles. The monoisotopic (exact) mass is 278 g/mol. The van der Waals surface area contributed by atoms with Crippen molar-refractivity contribution < 1.29 is 9.53 Å². The van der Waals surface area contributed by atoms with E-state index in [2.05, 4.69) is 10.5 Å². The van der Waals surface area contributed by atoms with Crippen molar-refractivity contribution in [2.24, 2.45) is 5.10 Å². The van der Waals surface area contributed by atoms with E-state index in [4.69, 9.17) is 4.74 Å². The van der Waals surface area contributed by atoms with Gasteiger partial charge in [0.1, 0.15) is 5.75 Å². The fourth-order valence-electron chi connectivity index (χ4n) is 1.72. The van der Waals surface area contributed by atoms with Crippen LogP contribution in [0.2, 0.25) is 0 Å². The number of ether oxygens (including phenoxy) is 1. The standard InChI is InChI=1S/C14H18N2O2S/c1-10-3-4-11(2)13(7-10)18-8-14(17)16-15-12-5-6-19-9-12/h3-4,7H,5-6,8-9H2,1-2H3,(H,16,17)/b15-12+. The fraction of sp³-hybridized carbons (Fsp3) is 0.429. The first kappa shape index (κ1) is 13.9. The molecule has 0 atom stereocenters. The lowest BCUT2D eigenvalue weighted by Gasteiger charge is -2.09. The van der Waals surface area contributed by atoms with Crippen molar-refractivity contribution in [2.75, 3.05) is 18.1 Å². The zero-order chi connectivity index (χ0) is 13.7. The molecular formula is C14H18N2O2S. The number of amides is 1. The van der Waals surface area contributed by atoms with Gasteiger partial charge in [-0.3, -0.25) is 4.79 Å². The topological polar surface area (TPSA) is 50.7 Å². The van der Waals surface area contributed by atoms with Crippen molar-refractivity contribution >= 4 is 23.4 Å². The lowest BCUT2D eigenvalue weighted by Crippen LogP contribution is -2.26. The summed E-state index contributed by atoms with van der Waals surface area (Å²) < 4.78 is 5.51. The second kappa shape index (κ2) is 6.61. The summed E-state index contributed by atoms with van der Waals surface area (Å²) in [5.74, 6) is 2.54. The third-order valence-corrected chi connectivity index (χ3v) is 3.87. The molecule has 1 aliphatic rings. The predicted molar refractivity (Wildman–Crippen MR) is 78.9 cm³/mol. The van der Waals surface area contributed by atoms with Crippen molar-refractivity contribution in [3.63, 3.8) is 0 Å². The van der Waals surface area contributed by atoms with Crippen molar-refractivity contribution in [2.45, 2.75) is 20.3 Å². The van der Waals surface area contributed by atoms with Gasteiger partial charge in [-0.25, -0.2) is 5.43 Å². The van der Waals surface area contributed by atoms with Gasteiger partial charge >= 0.3 is 0 Å². The van der Waals surface area contributed by atoms with E-state index < -0.39 is 0 Å². The number of hydrazone groups is 1. The van der Waals surface area contributed by atoms with E-state index in [1.807, 2.05) is 43.8 Å². The minimum atomic E-state index is -0.217. The van der Waals surface area contributed by atoms with Gasteiger partial charge in [0, 0.05) is 11.5 Å². The van der Waals surface area contributed by atoms with Crippen LogP contribution in [0.1, 0.15) is 17.5 Å². The van der Waals surface area contributed by atoms with E-state index in [1.165, 1.54) is 0 Å². The number of nitrogens with zero attached hydrogens (tertiary/aromatic N) is 1. The van der Waals surface area contributed by atoms with Gasteiger partial charge in [0.25, 0.3) is 5.91 Å². The van der Waals surface area contributed by atoms with Crippen LogP contribution in [0.4, 0.5) is 0 Å². The summed E-state index contributed by atoms with van der Waals surface area (Å²) in [6, 6.07) is 5.94. The average Bonchev–Trinajstić information content (AvgIpc) is 2.90. The Morgan fingerprint density at radius 1 is 1.47 bits per heavy atom. The van der Waals surface area contributed by atoms with Crippen LogP contribution in [0.15, 0.2) is 23.3 Å². The van der Waals surface area contributed by atoms with Gasteiger partial charge < -0.3 is 4.74 Å². The Morgan fingerprint density at radius 3 is 3.05 bits per heavy atom.